The summed E-state index contributed by atoms with van der Waals surface area (Å²) in [6, 6.07) is 0.0728. The van der Waals surface area contributed by atoms with Crippen LogP contribution in [-0.4, -0.2) is 50.3 Å². The molecule has 2 aliphatic rings. The van der Waals surface area contributed by atoms with Crippen LogP contribution in [0.1, 0.15) is 6.92 Å². The quantitative estimate of drug-likeness (QED) is 0.501. The van der Waals surface area contributed by atoms with Gasteiger partial charge in [0, 0.05) is 30.1 Å². The van der Waals surface area contributed by atoms with Crippen LogP contribution in [0.5, 0.6) is 0 Å². The van der Waals surface area contributed by atoms with Crippen LogP contribution in [0.15, 0.2) is 12.2 Å². The van der Waals surface area contributed by atoms with E-state index in [0.29, 0.717) is 11.0 Å². The lowest BCUT2D eigenvalue weighted by molar-refractivity contribution is -0.194. The minimum absolute atomic E-state index is 0.0728. The van der Waals surface area contributed by atoms with Crippen molar-refractivity contribution in [1.29, 1.82) is 0 Å². The van der Waals surface area contributed by atoms with Crippen molar-refractivity contribution < 1.29 is 14.3 Å². The number of nitrogens with zero attached hydrogens (tertiary/aromatic N) is 1. The van der Waals surface area contributed by atoms with Crippen LogP contribution in [0.25, 0.3) is 0 Å². The second kappa shape index (κ2) is 3.61. The monoisotopic (exact) mass is 211 g/mol. The number of rotatable bonds is 3. The Labute approximate surface area is 89.8 Å². The average Bonchev–Trinajstić information content (AvgIpc) is 2.10. The van der Waals surface area contributed by atoms with Gasteiger partial charge in [-0.05, 0) is 6.92 Å². The zero-order chi connectivity index (χ0) is 11.1. The molecule has 1 unspecified atom stereocenters. The average molecular weight is 211 g/mol. The van der Waals surface area contributed by atoms with E-state index >= 15 is 0 Å². The summed E-state index contributed by atoms with van der Waals surface area (Å²) in [4.78, 5) is 13.5. The molecule has 2 fully saturated rings. The maximum absolute atomic E-state index is 11.3. The van der Waals surface area contributed by atoms with E-state index in [-0.39, 0.29) is 12.0 Å². The summed E-state index contributed by atoms with van der Waals surface area (Å²) < 4.78 is 9.85. The molecule has 0 amide bonds. The van der Waals surface area contributed by atoms with Gasteiger partial charge < -0.3 is 9.47 Å². The van der Waals surface area contributed by atoms with E-state index in [1.165, 1.54) is 7.11 Å². The van der Waals surface area contributed by atoms with E-state index in [1.807, 2.05) is 6.92 Å². The lowest BCUT2D eigenvalue weighted by atomic mass is 9.77. The van der Waals surface area contributed by atoms with E-state index in [0.717, 1.165) is 26.3 Å². The first-order chi connectivity index (χ1) is 7.08. The Balaban J connectivity index is 1.85. The summed E-state index contributed by atoms with van der Waals surface area (Å²) in [5.41, 5.74) is 0.914. The number of carbonyl (C=O) groups is 1. The van der Waals surface area contributed by atoms with E-state index in [1.54, 1.807) is 0 Å². The SMILES string of the molecule is C=C(C(=O)OC)C(C)N1CC2(COC2)C1. The van der Waals surface area contributed by atoms with Gasteiger partial charge in [0.1, 0.15) is 0 Å². The normalized spacial score (nSPS) is 25.2. The molecular formula is C11H17NO3. The molecule has 0 aromatic carbocycles. The van der Waals surface area contributed by atoms with Gasteiger partial charge in [0.15, 0.2) is 0 Å². The molecule has 0 aliphatic carbocycles. The molecule has 4 heteroatoms. The number of carbonyl (C=O) groups excluding carboxylic acids is 1. The summed E-state index contributed by atoms with van der Waals surface area (Å²) in [6.45, 7) is 9.50. The van der Waals surface area contributed by atoms with Crippen molar-refractivity contribution in [1.82, 2.24) is 4.90 Å². The van der Waals surface area contributed by atoms with Gasteiger partial charge in [0.25, 0.3) is 0 Å². The molecule has 0 aromatic rings. The molecule has 15 heavy (non-hydrogen) atoms. The second-order valence-corrected chi connectivity index (χ2v) is 4.59. The van der Waals surface area contributed by atoms with Gasteiger partial charge in [-0.15, -0.1) is 0 Å². The molecule has 1 spiro atoms. The number of esters is 1. The van der Waals surface area contributed by atoms with Crippen molar-refractivity contribution in [3.63, 3.8) is 0 Å². The van der Waals surface area contributed by atoms with Crippen LogP contribution in [0.2, 0.25) is 0 Å². The van der Waals surface area contributed by atoms with Crippen molar-refractivity contribution >= 4 is 5.97 Å². The number of methoxy groups -OCH3 is 1. The molecule has 4 nitrogen and oxygen atoms in total. The third kappa shape index (κ3) is 1.68. The Hall–Kier alpha value is -0.870. The van der Waals surface area contributed by atoms with Gasteiger partial charge in [0.2, 0.25) is 0 Å². The van der Waals surface area contributed by atoms with Gasteiger partial charge in [-0.1, -0.05) is 6.58 Å². The van der Waals surface area contributed by atoms with Crippen LogP contribution in [0, 0.1) is 5.41 Å². The molecule has 2 rings (SSSR count). The Morgan fingerprint density at radius 3 is 2.53 bits per heavy atom. The highest BCUT2D eigenvalue weighted by Gasteiger charge is 2.50. The lowest BCUT2D eigenvalue weighted by Gasteiger charge is -2.57. The van der Waals surface area contributed by atoms with E-state index in [9.17, 15) is 4.79 Å². The minimum Gasteiger partial charge on any atom is -0.466 e. The summed E-state index contributed by atoms with van der Waals surface area (Å²) in [6.07, 6.45) is 0. The van der Waals surface area contributed by atoms with Gasteiger partial charge in [0.05, 0.1) is 20.3 Å². The predicted molar refractivity (Wildman–Crippen MR) is 55.4 cm³/mol. The molecule has 1 atom stereocenters. The minimum atomic E-state index is -0.312. The molecule has 2 saturated heterocycles. The molecule has 2 heterocycles. The third-order valence-electron chi connectivity index (χ3n) is 3.39. The number of hydrogen-bond donors (Lipinski definition) is 0. The zero-order valence-corrected chi connectivity index (χ0v) is 9.28. The van der Waals surface area contributed by atoms with Crippen molar-refractivity contribution in [3.05, 3.63) is 12.2 Å². The third-order valence-corrected chi connectivity index (χ3v) is 3.39. The zero-order valence-electron chi connectivity index (χ0n) is 9.28. The van der Waals surface area contributed by atoms with E-state index in [4.69, 9.17) is 4.74 Å². The predicted octanol–water partition coefficient (Wildman–Crippen LogP) is 0.436. The highest BCUT2D eigenvalue weighted by Crippen LogP contribution is 2.39. The highest BCUT2D eigenvalue weighted by molar-refractivity contribution is 5.88. The Bertz CT molecular complexity index is 288. The highest BCUT2D eigenvalue weighted by atomic mass is 16.5. The van der Waals surface area contributed by atoms with Gasteiger partial charge in [-0.25, -0.2) is 4.79 Å². The van der Waals surface area contributed by atoms with Crippen LogP contribution < -0.4 is 0 Å². The fourth-order valence-corrected chi connectivity index (χ4v) is 2.18. The Morgan fingerprint density at radius 2 is 2.13 bits per heavy atom. The van der Waals surface area contributed by atoms with Crippen LogP contribution in [0.4, 0.5) is 0 Å². The molecule has 0 N–H and O–H groups in total. The van der Waals surface area contributed by atoms with E-state index < -0.39 is 0 Å². The first-order valence-electron chi connectivity index (χ1n) is 5.17. The maximum atomic E-state index is 11.3. The first-order valence-corrected chi connectivity index (χ1v) is 5.17. The topological polar surface area (TPSA) is 38.8 Å². The van der Waals surface area contributed by atoms with Crippen molar-refractivity contribution in [2.24, 2.45) is 5.41 Å². The van der Waals surface area contributed by atoms with Crippen LogP contribution >= 0.6 is 0 Å². The first kappa shape index (κ1) is 10.6. The Morgan fingerprint density at radius 1 is 1.53 bits per heavy atom. The standard InChI is InChI=1S/C11H17NO3/c1-8(10(13)14-3)9(2)12-4-11(5-12)6-15-7-11/h9H,1,4-7H2,2-3H3. The molecule has 0 aromatic heterocycles. The number of ether oxygens (including phenoxy) is 2. The summed E-state index contributed by atoms with van der Waals surface area (Å²) >= 11 is 0. The summed E-state index contributed by atoms with van der Waals surface area (Å²) in [5, 5.41) is 0. The number of likely N-dealkylation sites (tertiary alicyclic amines) is 1. The van der Waals surface area contributed by atoms with Gasteiger partial charge in [-0.2, -0.15) is 0 Å². The fourth-order valence-electron chi connectivity index (χ4n) is 2.18. The second-order valence-electron chi connectivity index (χ2n) is 4.59. The van der Waals surface area contributed by atoms with Crippen LogP contribution in [0.3, 0.4) is 0 Å². The van der Waals surface area contributed by atoms with Crippen molar-refractivity contribution in [2.75, 3.05) is 33.4 Å². The molecule has 0 saturated carbocycles. The molecular weight excluding hydrogens is 194 g/mol. The largest absolute Gasteiger partial charge is 0.466 e. The Kier molecular flexibility index (Phi) is 2.56. The maximum Gasteiger partial charge on any atom is 0.334 e. The smallest absolute Gasteiger partial charge is 0.334 e. The fraction of sp³-hybridized carbons (Fsp3) is 0.727. The molecule has 2 aliphatic heterocycles. The van der Waals surface area contributed by atoms with Crippen molar-refractivity contribution in [3.8, 4) is 0 Å². The van der Waals surface area contributed by atoms with Gasteiger partial charge in [-0.3, -0.25) is 4.90 Å². The van der Waals surface area contributed by atoms with Crippen molar-refractivity contribution in [2.45, 2.75) is 13.0 Å². The summed E-state index contributed by atoms with van der Waals surface area (Å²) in [7, 11) is 1.39. The van der Waals surface area contributed by atoms with Crippen LogP contribution in [-0.2, 0) is 14.3 Å². The lowest BCUT2D eigenvalue weighted by Crippen LogP contribution is -2.68. The van der Waals surface area contributed by atoms with E-state index in [2.05, 4.69) is 16.2 Å². The number of hydrogen-bond acceptors (Lipinski definition) is 4. The molecule has 84 valence electrons. The molecule has 0 bridgehead atoms. The molecule has 0 radical (unpaired) electrons. The summed E-state index contributed by atoms with van der Waals surface area (Å²) in [5.74, 6) is -0.312. The van der Waals surface area contributed by atoms with Gasteiger partial charge >= 0.3 is 5.97 Å².